The molecule has 0 fully saturated rings. The Morgan fingerprint density at radius 3 is 2.85 bits per heavy atom. The van der Waals surface area contributed by atoms with Crippen molar-refractivity contribution in [1.29, 1.82) is 0 Å². The molecule has 0 N–H and O–H groups in total. The first-order chi connectivity index (χ1) is 6.22. The van der Waals surface area contributed by atoms with E-state index in [0.717, 1.165) is 0 Å². The van der Waals surface area contributed by atoms with Crippen LogP contribution in [-0.4, -0.2) is 6.26 Å². The molecule has 1 heterocycles. The van der Waals surface area contributed by atoms with Gasteiger partial charge >= 0.3 is 0 Å². The molecule has 0 amide bonds. The lowest BCUT2D eigenvalue weighted by atomic mass is 10.2. The van der Waals surface area contributed by atoms with Gasteiger partial charge < -0.3 is 0 Å². The van der Waals surface area contributed by atoms with Gasteiger partial charge in [-0.2, -0.15) is 0 Å². The summed E-state index contributed by atoms with van der Waals surface area (Å²) in [5.41, 5.74) is 0. The van der Waals surface area contributed by atoms with Gasteiger partial charge in [-0.25, -0.2) is 0 Å². The van der Waals surface area contributed by atoms with E-state index in [4.69, 9.17) is 0 Å². The van der Waals surface area contributed by atoms with E-state index in [9.17, 15) is 0 Å². The molecule has 3 heteroatoms. The highest BCUT2D eigenvalue weighted by Crippen LogP contribution is 2.37. The van der Waals surface area contributed by atoms with Crippen LogP contribution in [0.5, 0.6) is 0 Å². The Bertz CT molecular complexity index is 445. The first-order valence-electron chi connectivity index (χ1n) is 3.95. The van der Waals surface area contributed by atoms with Crippen molar-refractivity contribution in [2.75, 3.05) is 6.26 Å². The summed E-state index contributed by atoms with van der Waals surface area (Å²) in [6.45, 7) is 2.20. The van der Waals surface area contributed by atoms with E-state index in [-0.39, 0.29) is 0 Å². The van der Waals surface area contributed by atoms with Crippen molar-refractivity contribution in [3.05, 3.63) is 26.6 Å². The maximum atomic E-state index is 2.36. The monoisotopic (exact) mass is 320 g/mol. The molecule has 0 aliphatic heterocycles. The number of benzene rings is 1. The fraction of sp³-hybridized carbons (Fsp3) is 0.200. The second-order valence-electron chi connectivity index (χ2n) is 2.83. The van der Waals surface area contributed by atoms with Crippen LogP contribution >= 0.6 is 45.7 Å². The number of aryl methyl sites for hydroxylation is 1. The Kier molecular flexibility index (Phi) is 2.86. The van der Waals surface area contributed by atoms with Gasteiger partial charge in [0, 0.05) is 23.4 Å². The lowest BCUT2D eigenvalue weighted by molar-refractivity contribution is 1.46. The third-order valence-corrected chi connectivity index (χ3v) is 4.78. The summed E-state index contributed by atoms with van der Waals surface area (Å²) in [6, 6.07) is 6.66. The Balaban J connectivity index is 2.79. The summed E-state index contributed by atoms with van der Waals surface area (Å²) < 4.78 is 2.73. The number of thiophene rings is 1. The summed E-state index contributed by atoms with van der Waals surface area (Å²) >= 11 is 6.10. The molecule has 0 bridgehead atoms. The number of hydrogen-bond donors (Lipinski definition) is 0. The van der Waals surface area contributed by atoms with E-state index in [1.165, 1.54) is 23.4 Å². The molecule has 0 aliphatic carbocycles. The molecule has 1 aromatic heterocycles. The number of fused-ring (bicyclic) bond motifs is 1. The number of rotatable bonds is 1. The molecule has 0 unspecified atom stereocenters. The molecule has 2 aromatic rings. The summed E-state index contributed by atoms with van der Waals surface area (Å²) in [6.07, 6.45) is 2.15. The van der Waals surface area contributed by atoms with Crippen LogP contribution in [0.25, 0.3) is 10.1 Å². The van der Waals surface area contributed by atoms with Gasteiger partial charge in [-0.05, 0) is 47.9 Å². The Morgan fingerprint density at radius 1 is 1.38 bits per heavy atom. The van der Waals surface area contributed by atoms with Gasteiger partial charge in [-0.1, -0.05) is 6.07 Å². The fourth-order valence-corrected chi connectivity index (χ4v) is 4.25. The van der Waals surface area contributed by atoms with Gasteiger partial charge in [0.15, 0.2) is 0 Å². The molecule has 68 valence electrons. The summed E-state index contributed by atoms with van der Waals surface area (Å²) in [7, 11) is 0. The zero-order valence-corrected chi connectivity index (χ0v) is 11.2. The summed E-state index contributed by atoms with van der Waals surface area (Å²) in [5.74, 6) is 0. The molecule has 13 heavy (non-hydrogen) atoms. The van der Waals surface area contributed by atoms with Crippen molar-refractivity contribution in [3.8, 4) is 0 Å². The van der Waals surface area contributed by atoms with Crippen molar-refractivity contribution in [2.24, 2.45) is 0 Å². The highest BCUT2D eigenvalue weighted by atomic mass is 127. The van der Waals surface area contributed by atoms with E-state index in [2.05, 4.69) is 54.0 Å². The van der Waals surface area contributed by atoms with Crippen molar-refractivity contribution in [1.82, 2.24) is 0 Å². The zero-order chi connectivity index (χ0) is 9.42. The summed E-state index contributed by atoms with van der Waals surface area (Å²) in [5, 5.41) is 1.41. The highest BCUT2D eigenvalue weighted by Gasteiger charge is 2.07. The fourth-order valence-electron chi connectivity index (χ4n) is 1.42. The maximum absolute atomic E-state index is 2.36. The number of thioether (sulfide) groups is 1. The van der Waals surface area contributed by atoms with Gasteiger partial charge in [0.25, 0.3) is 0 Å². The molecule has 0 nitrogen and oxygen atoms in total. The Morgan fingerprint density at radius 2 is 2.15 bits per heavy atom. The lowest BCUT2D eigenvalue weighted by Gasteiger charge is -1.95. The Labute approximate surface area is 99.9 Å². The van der Waals surface area contributed by atoms with E-state index in [1.807, 2.05) is 23.1 Å². The predicted molar refractivity (Wildman–Crippen MR) is 71.1 cm³/mol. The maximum Gasteiger partial charge on any atom is 0.0367 e. The van der Waals surface area contributed by atoms with Crippen LogP contribution in [-0.2, 0) is 0 Å². The molecule has 0 saturated heterocycles. The largest absolute Gasteiger partial charge is 0.139 e. The quantitative estimate of drug-likeness (QED) is 0.549. The van der Waals surface area contributed by atoms with Gasteiger partial charge in [-0.3, -0.25) is 0 Å². The number of hydrogen-bond acceptors (Lipinski definition) is 2. The SMILES string of the molecule is CSc1c(C)sc2cc(I)ccc12. The van der Waals surface area contributed by atoms with Gasteiger partial charge in [-0.15, -0.1) is 23.1 Å². The average molecular weight is 320 g/mol. The van der Waals surface area contributed by atoms with E-state index in [1.54, 1.807) is 0 Å². The zero-order valence-electron chi connectivity index (χ0n) is 7.43. The molecule has 0 spiro atoms. The van der Waals surface area contributed by atoms with Crippen molar-refractivity contribution in [3.63, 3.8) is 0 Å². The molecule has 1 aromatic carbocycles. The van der Waals surface area contributed by atoms with Gasteiger partial charge in [0.05, 0.1) is 0 Å². The minimum Gasteiger partial charge on any atom is -0.139 e. The second kappa shape index (κ2) is 3.79. The molecule has 2 rings (SSSR count). The molecule has 0 atom stereocenters. The van der Waals surface area contributed by atoms with Crippen molar-refractivity contribution >= 4 is 55.8 Å². The molecular weight excluding hydrogens is 311 g/mol. The predicted octanol–water partition coefficient (Wildman–Crippen LogP) is 4.54. The van der Waals surface area contributed by atoms with Crippen molar-refractivity contribution < 1.29 is 0 Å². The van der Waals surface area contributed by atoms with Crippen LogP contribution in [0.2, 0.25) is 0 Å². The summed E-state index contributed by atoms with van der Waals surface area (Å²) in [4.78, 5) is 2.88. The van der Waals surface area contributed by atoms with Gasteiger partial charge in [0.1, 0.15) is 0 Å². The normalized spacial score (nSPS) is 11.0. The second-order valence-corrected chi connectivity index (χ2v) is 6.15. The van der Waals surface area contributed by atoms with Crippen LogP contribution in [0.3, 0.4) is 0 Å². The minimum atomic E-state index is 1.32. The molecule has 0 aliphatic rings. The third kappa shape index (κ3) is 1.74. The standard InChI is InChI=1S/C10H9IS2/c1-6-10(12-2)8-4-3-7(11)5-9(8)13-6/h3-5H,1-2H3. The molecule has 0 saturated carbocycles. The highest BCUT2D eigenvalue weighted by molar-refractivity contribution is 14.1. The molecule has 0 radical (unpaired) electrons. The van der Waals surface area contributed by atoms with E-state index < -0.39 is 0 Å². The first-order valence-corrected chi connectivity index (χ1v) is 7.07. The van der Waals surface area contributed by atoms with E-state index >= 15 is 0 Å². The minimum absolute atomic E-state index is 1.32. The topological polar surface area (TPSA) is 0 Å². The first kappa shape index (κ1) is 9.80. The lowest BCUT2D eigenvalue weighted by Crippen LogP contribution is -1.71. The van der Waals surface area contributed by atoms with E-state index in [0.29, 0.717) is 0 Å². The smallest absolute Gasteiger partial charge is 0.0367 e. The average Bonchev–Trinajstić information content (AvgIpc) is 2.39. The third-order valence-electron chi connectivity index (χ3n) is 1.98. The number of halogens is 1. The van der Waals surface area contributed by atoms with Crippen molar-refractivity contribution in [2.45, 2.75) is 11.8 Å². The van der Waals surface area contributed by atoms with Crippen LogP contribution in [0.4, 0.5) is 0 Å². The van der Waals surface area contributed by atoms with Crippen LogP contribution in [0, 0.1) is 10.5 Å². The van der Waals surface area contributed by atoms with Gasteiger partial charge in [0.2, 0.25) is 0 Å². The Hall–Kier alpha value is 0.260. The molecular formula is C10H9IS2. The van der Waals surface area contributed by atoms with Crippen LogP contribution in [0.1, 0.15) is 4.88 Å². The van der Waals surface area contributed by atoms with Crippen LogP contribution in [0.15, 0.2) is 23.1 Å². The van der Waals surface area contributed by atoms with Crippen LogP contribution < -0.4 is 0 Å².